The Hall–Kier alpha value is -2.29. The molecule has 3 nitrogen and oxygen atoms in total. The predicted octanol–water partition coefficient (Wildman–Crippen LogP) is 5.10. The van der Waals surface area contributed by atoms with Gasteiger partial charge in [-0.15, -0.1) is 0 Å². The lowest BCUT2D eigenvalue weighted by molar-refractivity contribution is -0.126. The summed E-state index contributed by atoms with van der Waals surface area (Å²) in [5.41, 5.74) is 6.34. The van der Waals surface area contributed by atoms with Gasteiger partial charge < -0.3 is 10.2 Å². The van der Waals surface area contributed by atoms with Crippen molar-refractivity contribution in [3.63, 3.8) is 0 Å². The van der Waals surface area contributed by atoms with Crippen molar-refractivity contribution in [2.45, 2.75) is 53.0 Å². The van der Waals surface area contributed by atoms with Crippen LogP contribution in [0.4, 0.5) is 5.69 Å². The smallest absolute Gasteiger partial charge is 0.223 e. The van der Waals surface area contributed by atoms with Crippen LogP contribution in [0.2, 0.25) is 0 Å². The molecular weight excluding hydrogens is 332 g/mol. The first-order valence-electron chi connectivity index (χ1n) is 10.2. The van der Waals surface area contributed by atoms with Crippen molar-refractivity contribution in [1.82, 2.24) is 5.32 Å². The van der Waals surface area contributed by atoms with E-state index in [2.05, 4.69) is 80.4 Å². The van der Waals surface area contributed by atoms with Crippen molar-refractivity contribution in [2.75, 3.05) is 18.0 Å². The lowest BCUT2D eigenvalue weighted by Gasteiger charge is -2.33. The van der Waals surface area contributed by atoms with Crippen molar-refractivity contribution in [1.29, 1.82) is 0 Å². The number of rotatable bonds is 5. The molecule has 0 spiro atoms. The first-order valence-corrected chi connectivity index (χ1v) is 10.2. The van der Waals surface area contributed by atoms with Gasteiger partial charge in [-0.2, -0.15) is 0 Å². The average molecular weight is 365 g/mol. The minimum Gasteiger partial charge on any atom is -0.371 e. The second-order valence-corrected chi connectivity index (χ2v) is 7.91. The molecule has 0 aliphatic carbocycles. The van der Waals surface area contributed by atoms with Crippen molar-refractivity contribution < 1.29 is 4.79 Å². The minimum atomic E-state index is 0.104. The maximum absolute atomic E-state index is 12.9. The summed E-state index contributed by atoms with van der Waals surface area (Å²) in [5.74, 6) is 0.330. The van der Waals surface area contributed by atoms with E-state index in [4.69, 9.17) is 0 Å². The van der Waals surface area contributed by atoms with E-state index in [1.807, 2.05) is 0 Å². The third-order valence-electron chi connectivity index (χ3n) is 5.92. The Morgan fingerprint density at radius 2 is 1.70 bits per heavy atom. The van der Waals surface area contributed by atoms with Gasteiger partial charge in [0, 0.05) is 24.7 Å². The molecule has 1 amide bonds. The van der Waals surface area contributed by atoms with Crippen LogP contribution in [0.1, 0.15) is 54.5 Å². The van der Waals surface area contributed by atoms with Gasteiger partial charge in [-0.1, -0.05) is 42.8 Å². The van der Waals surface area contributed by atoms with E-state index in [1.165, 1.54) is 27.9 Å². The molecular formula is C24H32N2O. The van der Waals surface area contributed by atoms with Gasteiger partial charge in [0.05, 0.1) is 6.04 Å². The number of carbonyl (C=O) groups is 1. The fraction of sp³-hybridized carbons (Fsp3) is 0.458. The van der Waals surface area contributed by atoms with Gasteiger partial charge >= 0.3 is 0 Å². The average Bonchev–Trinajstić information content (AvgIpc) is 2.69. The molecule has 0 aromatic heterocycles. The summed E-state index contributed by atoms with van der Waals surface area (Å²) < 4.78 is 0. The van der Waals surface area contributed by atoms with Crippen molar-refractivity contribution in [2.24, 2.45) is 5.92 Å². The third-order valence-corrected chi connectivity index (χ3v) is 5.92. The molecule has 1 N–H and O–H groups in total. The number of piperidine rings is 1. The Bertz CT molecular complexity index is 773. The molecule has 2 aromatic carbocycles. The number of amides is 1. The minimum absolute atomic E-state index is 0.104. The van der Waals surface area contributed by atoms with Crippen LogP contribution < -0.4 is 10.2 Å². The quantitative estimate of drug-likeness (QED) is 0.801. The highest BCUT2D eigenvalue weighted by molar-refractivity contribution is 5.79. The molecule has 0 bridgehead atoms. The zero-order valence-electron chi connectivity index (χ0n) is 17.1. The second kappa shape index (κ2) is 8.60. The molecule has 1 aliphatic rings. The summed E-state index contributed by atoms with van der Waals surface area (Å²) in [7, 11) is 0. The fourth-order valence-electron chi connectivity index (χ4n) is 3.85. The number of nitrogens with one attached hydrogen (secondary N) is 1. The third kappa shape index (κ3) is 4.71. The van der Waals surface area contributed by atoms with Crippen LogP contribution in [-0.2, 0) is 4.79 Å². The predicted molar refractivity (Wildman–Crippen MR) is 113 cm³/mol. The number of nitrogens with zero attached hydrogens (tertiary/aromatic N) is 1. The van der Waals surface area contributed by atoms with Gasteiger partial charge in [-0.25, -0.2) is 0 Å². The second-order valence-electron chi connectivity index (χ2n) is 7.91. The number of aryl methyl sites for hydroxylation is 3. The Balaban J connectivity index is 1.58. The topological polar surface area (TPSA) is 32.3 Å². The lowest BCUT2D eigenvalue weighted by Crippen LogP contribution is -2.41. The highest BCUT2D eigenvalue weighted by Crippen LogP contribution is 2.26. The zero-order chi connectivity index (χ0) is 19.4. The highest BCUT2D eigenvalue weighted by atomic mass is 16.1. The van der Waals surface area contributed by atoms with Gasteiger partial charge in [-0.3, -0.25) is 4.79 Å². The summed E-state index contributed by atoms with van der Waals surface area (Å²) in [4.78, 5) is 15.2. The van der Waals surface area contributed by atoms with E-state index in [-0.39, 0.29) is 17.9 Å². The van der Waals surface area contributed by atoms with E-state index in [0.29, 0.717) is 0 Å². The summed E-state index contributed by atoms with van der Waals surface area (Å²) >= 11 is 0. The number of benzene rings is 2. The Morgan fingerprint density at radius 3 is 2.30 bits per heavy atom. The Kier molecular flexibility index (Phi) is 6.20. The molecule has 144 valence electrons. The first kappa shape index (κ1) is 19.5. The molecule has 1 aliphatic heterocycles. The molecule has 27 heavy (non-hydrogen) atoms. The number of carbonyl (C=O) groups excluding carboxylic acids is 1. The molecule has 1 atom stereocenters. The largest absolute Gasteiger partial charge is 0.371 e. The van der Waals surface area contributed by atoms with E-state index in [1.54, 1.807) is 0 Å². The monoisotopic (exact) mass is 364 g/mol. The standard InChI is InChI=1S/C24H32N2O/c1-5-23(21-9-8-18(3)19(4)16-21)25-24(27)20-12-14-26(15-13-20)22-10-6-17(2)7-11-22/h6-11,16,20,23H,5,12-15H2,1-4H3,(H,25,27)/t23-/m0/s1. The normalized spacial score (nSPS) is 16.2. The summed E-state index contributed by atoms with van der Waals surface area (Å²) in [5, 5.41) is 3.30. The van der Waals surface area contributed by atoms with Gasteiger partial charge in [0.25, 0.3) is 0 Å². The zero-order valence-corrected chi connectivity index (χ0v) is 17.1. The number of hydrogen-bond donors (Lipinski definition) is 1. The first-order chi connectivity index (χ1) is 13.0. The van der Waals surface area contributed by atoms with Crippen molar-refractivity contribution in [3.8, 4) is 0 Å². The van der Waals surface area contributed by atoms with Crippen LogP contribution in [0.3, 0.4) is 0 Å². The van der Waals surface area contributed by atoms with Crippen molar-refractivity contribution >= 4 is 11.6 Å². The highest BCUT2D eigenvalue weighted by Gasteiger charge is 2.26. The lowest BCUT2D eigenvalue weighted by atomic mass is 9.93. The van der Waals surface area contributed by atoms with Crippen LogP contribution in [0.25, 0.3) is 0 Å². The molecule has 1 heterocycles. The van der Waals surface area contributed by atoms with Gasteiger partial charge in [-0.05, 0) is 68.9 Å². The molecule has 3 rings (SSSR count). The molecule has 0 saturated carbocycles. The van der Waals surface area contributed by atoms with Gasteiger partial charge in [0.1, 0.15) is 0 Å². The Labute approximate surface area is 163 Å². The van der Waals surface area contributed by atoms with Crippen molar-refractivity contribution in [3.05, 3.63) is 64.7 Å². The maximum Gasteiger partial charge on any atom is 0.223 e. The van der Waals surface area contributed by atoms with E-state index < -0.39 is 0 Å². The van der Waals surface area contributed by atoms with E-state index >= 15 is 0 Å². The molecule has 1 fully saturated rings. The summed E-state index contributed by atoms with van der Waals surface area (Å²) in [6.45, 7) is 10.4. The Morgan fingerprint density at radius 1 is 1.04 bits per heavy atom. The maximum atomic E-state index is 12.9. The van der Waals surface area contributed by atoms with Gasteiger partial charge in [0.2, 0.25) is 5.91 Å². The van der Waals surface area contributed by atoms with Gasteiger partial charge in [0.15, 0.2) is 0 Å². The van der Waals surface area contributed by atoms with E-state index in [9.17, 15) is 4.79 Å². The SMILES string of the molecule is CC[C@H](NC(=O)C1CCN(c2ccc(C)cc2)CC1)c1ccc(C)c(C)c1. The molecule has 3 heteroatoms. The van der Waals surface area contributed by atoms with Crippen LogP contribution in [0.15, 0.2) is 42.5 Å². The molecule has 0 unspecified atom stereocenters. The molecule has 0 radical (unpaired) electrons. The van der Waals surface area contributed by atoms with Crippen LogP contribution in [0.5, 0.6) is 0 Å². The molecule has 2 aromatic rings. The number of anilines is 1. The van der Waals surface area contributed by atoms with Crippen LogP contribution in [-0.4, -0.2) is 19.0 Å². The van der Waals surface area contributed by atoms with Crippen LogP contribution in [0, 0.1) is 26.7 Å². The molecule has 1 saturated heterocycles. The van der Waals surface area contributed by atoms with Crippen LogP contribution >= 0.6 is 0 Å². The summed E-state index contributed by atoms with van der Waals surface area (Å²) in [6.07, 6.45) is 2.75. The number of hydrogen-bond acceptors (Lipinski definition) is 2. The fourth-order valence-corrected chi connectivity index (χ4v) is 3.85. The van der Waals surface area contributed by atoms with E-state index in [0.717, 1.165) is 32.4 Å². The summed E-state index contributed by atoms with van der Waals surface area (Å²) in [6, 6.07) is 15.3.